The Balaban J connectivity index is 1.75. The summed E-state index contributed by atoms with van der Waals surface area (Å²) in [4.78, 5) is 17.3. The van der Waals surface area contributed by atoms with Crippen LogP contribution in [0.5, 0.6) is 0 Å². The number of halogens is 1. The van der Waals surface area contributed by atoms with E-state index in [0.29, 0.717) is 24.2 Å². The second-order valence-corrected chi connectivity index (χ2v) is 8.99. The average molecular weight is 400 g/mol. The van der Waals surface area contributed by atoms with Crippen LogP contribution in [-0.4, -0.2) is 39.2 Å². The van der Waals surface area contributed by atoms with Gasteiger partial charge in [0, 0.05) is 17.7 Å². The van der Waals surface area contributed by atoms with E-state index in [-0.39, 0.29) is 17.6 Å². The van der Waals surface area contributed by atoms with Crippen LogP contribution in [0, 0.1) is 5.82 Å². The molecule has 2 aromatic rings. The van der Waals surface area contributed by atoms with E-state index in [4.69, 9.17) is 0 Å². The molecular weight excluding hydrogens is 379 g/mol. The van der Waals surface area contributed by atoms with Gasteiger partial charge in [0.25, 0.3) is 5.91 Å². The molecule has 0 spiro atoms. The molecule has 1 N–H and O–H groups in total. The minimum atomic E-state index is -2.81. The van der Waals surface area contributed by atoms with E-state index in [2.05, 4.69) is 14.7 Å². The van der Waals surface area contributed by atoms with Crippen molar-refractivity contribution in [2.75, 3.05) is 18.8 Å². The van der Waals surface area contributed by atoms with Crippen LogP contribution >= 0.6 is 0 Å². The molecule has 0 fully saturated rings. The van der Waals surface area contributed by atoms with Gasteiger partial charge in [0.15, 0.2) is 0 Å². The first-order valence-corrected chi connectivity index (χ1v) is 10.9. The minimum absolute atomic E-state index is 0.110. The largest absolute Gasteiger partial charge is 0.292 e. The number of aliphatic imine (C=N–C) groups is 1. The molecule has 146 valence electrons. The van der Waals surface area contributed by atoms with Gasteiger partial charge in [0.05, 0.1) is 18.3 Å². The smallest absolute Gasteiger partial charge is 0.257 e. The molecular formula is C20H21FN4O2S. The van der Waals surface area contributed by atoms with E-state index >= 15 is 0 Å². The third-order valence-corrected chi connectivity index (χ3v) is 7.20. The highest BCUT2D eigenvalue weighted by Crippen LogP contribution is 2.30. The van der Waals surface area contributed by atoms with Crippen molar-refractivity contribution in [1.29, 1.82) is 0 Å². The fourth-order valence-corrected chi connectivity index (χ4v) is 5.67. The molecule has 1 unspecified atom stereocenters. The molecule has 2 heterocycles. The van der Waals surface area contributed by atoms with Crippen LogP contribution in [0.15, 0.2) is 64.0 Å². The number of guanidine groups is 1. The van der Waals surface area contributed by atoms with Gasteiger partial charge in [-0.25, -0.2) is 18.0 Å². The number of fused-ring (bicyclic) bond motifs is 1. The molecule has 28 heavy (non-hydrogen) atoms. The molecule has 8 heteroatoms. The fourth-order valence-electron chi connectivity index (χ4n) is 3.39. The van der Waals surface area contributed by atoms with Gasteiger partial charge in [-0.15, -0.1) is 0 Å². The van der Waals surface area contributed by atoms with E-state index in [1.165, 1.54) is 6.07 Å². The lowest BCUT2D eigenvalue weighted by molar-refractivity contribution is 0.0974. The van der Waals surface area contributed by atoms with Gasteiger partial charge in [-0.1, -0.05) is 36.4 Å². The number of nitrogens with one attached hydrogen (secondary N) is 1. The number of rotatable bonds is 2. The number of hydrogen-bond donors (Lipinski definition) is 1. The standard InChI is InChI=1S/C20H21FN4O2S/c21-17-11-5-4-10-16(17)18-14-28(27)22-12-6-7-13-25(28)20(23-18)24-19(26)15-8-2-1-3-9-15/h1-5,8-11,18H,6-7,12-14H2,(H,23,24,26)/t18-,28?/m0/s1. The molecule has 0 radical (unpaired) electrons. The zero-order chi connectivity index (χ0) is 19.6. The Morgan fingerprint density at radius 1 is 1.11 bits per heavy atom. The van der Waals surface area contributed by atoms with Crippen molar-refractivity contribution in [3.8, 4) is 0 Å². The number of carbonyl (C=O) groups excluding carboxylic acids is 1. The molecule has 6 nitrogen and oxygen atoms in total. The molecule has 1 amide bonds. The van der Waals surface area contributed by atoms with Crippen LogP contribution in [0.3, 0.4) is 0 Å². The second-order valence-electron chi connectivity index (χ2n) is 6.75. The lowest BCUT2D eigenvalue weighted by atomic mass is 10.1. The molecule has 0 saturated heterocycles. The van der Waals surface area contributed by atoms with E-state index in [1.54, 1.807) is 46.8 Å². The summed E-state index contributed by atoms with van der Waals surface area (Å²) in [5.74, 6) is -0.447. The maximum absolute atomic E-state index is 14.4. The summed E-state index contributed by atoms with van der Waals surface area (Å²) in [5, 5.41) is 2.78. The van der Waals surface area contributed by atoms with Gasteiger partial charge in [0.2, 0.25) is 5.96 Å². The fraction of sp³-hybridized carbons (Fsp3) is 0.300. The van der Waals surface area contributed by atoms with Gasteiger partial charge in [0.1, 0.15) is 15.7 Å². The summed E-state index contributed by atoms with van der Waals surface area (Å²) in [5.41, 5.74) is 0.826. The summed E-state index contributed by atoms with van der Waals surface area (Å²) in [6.45, 7) is 0.972. The first-order valence-electron chi connectivity index (χ1n) is 9.24. The first kappa shape index (κ1) is 18.6. The molecule has 2 aromatic carbocycles. The zero-order valence-corrected chi connectivity index (χ0v) is 16.1. The molecule has 4 rings (SSSR count). The van der Waals surface area contributed by atoms with Crippen molar-refractivity contribution in [3.63, 3.8) is 0 Å². The second kappa shape index (κ2) is 7.71. The van der Waals surface area contributed by atoms with Gasteiger partial charge in [-0.05, 0) is 31.0 Å². The van der Waals surface area contributed by atoms with Crippen LogP contribution in [0.4, 0.5) is 4.39 Å². The third-order valence-electron chi connectivity index (χ3n) is 4.82. The zero-order valence-electron chi connectivity index (χ0n) is 15.3. The van der Waals surface area contributed by atoms with Gasteiger partial charge >= 0.3 is 0 Å². The van der Waals surface area contributed by atoms with Crippen molar-refractivity contribution < 1.29 is 13.4 Å². The quantitative estimate of drug-likeness (QED) is 0.841. The molecule has 2 aliphatic rings. The lowest BCUT2D eigenvalue weighted by Gasteiger charge is -2.34. The van der Waals surface area contributed by atoms with Crippen molar-refractivity contribution >= 4 is 21.8 Å². The Kier molecular flexibility index (Phi) is 5.13. The van der Waals surface area contributed by atoms with Crippen molar-refractivity contribution in [3.05, 3.63) is 71.5 Å². The Hall–Kier alpha value is -2.74. The normalized spacial score (nSPS) is 24.4. The van der Waals surface area contributed by atoms with Crippen LogP contribution < -0.4 is 5.32 Å². The summed E-state index contributed by atoms with van der Waals surface area (Å²) in [7, 11) is -2.81. The van der Waals surface area contributed by atoms with Crippen LogP contribution in [0.25, 0.3) is 0 Å². The first-order chi connectivity index (χ1) is 13.6. The minimum Gasteiger partial charge on any atom is -0.292 e. The van der Waals surface area contributed by atoms with Gasteiger partial charge in [-0.3, -0.25) is 14.4 Å². The Morgan fingerprint density at radius 2 is 1.86 bits per heavy atom. The highest BCUT2D eigenvalue weighted by molar-refractivity contribution is 7.92. The topological polar surface area (TPSA) is 74.1 Å². The Bertz CT molecular complexity index is 1030. The lowest BCUT2D eigenvalue weighted by Crippen LogP contribution is -2.51. The van der Waals surface area contributed by atoms with E-state index < -0.39 is 21.8 Å². The molecule has 0 aliphatic carbocycles. The molecule has 0 bridgehead atoms. The van der Waals surface area contributed by atoms with E-state index in [9.17, 15) is 13.4 Å². The number of amides is 1. The number of nitrogens with zero attached hydrogens (tertiary/aromatic N) is 3. The average Bonchev–Trinajstić information content (AvgIpc) is 2.90. The molecule has 2 atom stereocenters. The predicted molar refractivity (Wildman–Crippen MR) is 107 cm³/mol. The van der Waals surface area contributed by atoms with Gasteiger partial charge < -0.3 is 0 Å². The summed E-state index contributed by atoms with van der Waals surface area (Å²) >= 11 is 0. The number of hydrogen-bond acceptors (Lipinski definition) is 4. The van der Waals surface area contributed by atoms with E-state index in [1.807, 2.05) is 6.07 Å². The molecule has 0 saturated carbocycles. The van der Waals surface area contributed by atoms with Crippen LogP contribution in [0.1, 0.15) is 34.8 Å². The van der Waals surface area contributed by atoms with E-state index in [0.717, 1.165) is 12.8 Å². The predicted octanol–water partition coefficient (Wildman–Crippen LogP) is 3.15. The number of benzene rings is 2. The molecule has 0 aromatic heterocycles. The monoisotopic (exact) mass is 400 g/mol. The highest BCUT2D eigenvalue weighted by Gasteiger charge is 2.35. The number of carbonyl (C=O) groups is 1. The molecule has 2 aliphatic heterocycles. The van der Waals surface area contributed by atoms with Crippen LogP contribution in [-0.2, 0) is 9.92 Å². The Morgan fingerprint density at radius 3 is 2.64 bits per heavy atom. The van der Waals surface area contributed by atoms with Crippen molar-refractivity contribution in [1.82, 2.24) is 9.62 Å². The SMILES string of the molecule is O=C(NC1=N[C@H](c2ccccc2F)CS2(=O)=NCCCCN12)c1ccccc1. The van der Waals surface area contributed by atoms with Crippen LogP contribution in [0.2, 0.25) is 0 Å². The van der Waals surface area contributed by atoms with Crippen molar-refractivity contribution in [2.45, 2.75) is 18.9 Å². The summed E-state index contributed by atoms with van der Waals surface area (Å²) < 4.78 is 34.0. The maximum atomic E-state index is 14.4. The highest BCUT2D eigenvalue weighted by atomic mass is 32.2. The van der Waals surface area contributed by atoms with Gasteiger partial charge in [-0.2, -0.15) is 0 Å². The summed E-state index contributed by atoms with van der Waals surface area (Å²) in [6.07, 6.45) is 1.61. The summed E-state index contributed by atoms with van der Waals surface area (Å²) in [6, 6.07) is 14.4. The Labute approximate surface area is 163 Å². The maximum Gasteiger partial charge on any atom is 0.257 e. The van der Waals surface area contributed by atoms with Crippen molar-refractivity contribution in [2.24, 2.45) is 9.36 Å². The third kappa shape index (κ3) is 3.64.